The molecule has 0 saturated carbocycles. The lowest BCUT2D eigenvalue weighted by molar-refractivity contribution is -0.162. The Kier molecular flexibility index (Phi) is 3.44. The molecule has 0 aromatic rings. The van der Waals surface area contributed by atoms with Gasteiger partial charge in [0.1, 0.15) is 11.1 Å². The van der Waals surface area contributed by atoms with Crippen LogP contribution in [0.25, 0.3) is 0 Å². The van der Waals surface area contributed by atoms with Gasteiger partial charge in [0, 0.05) is 6.54 Å². The van der Waals surface area contributed by atoms with Gasteiger partial charge in [-0.3, -0.25) is 4.79 Å². The highest BCUT2D eigenvalue weighted by Gasteiger charge is 2.53. The largest absolute Gasteiger partial charge is 0.481 e. The van der Waals surface area contributed by atoms with Crippen LogP contribution in [0.3, 0.4) is 0 Å². The van der Waals surface area contributed by atoms with E-state index in [9.17, 15) is 9.18 Å². The molecule has 78 valence electrons. The summed E-state index contributed by atoms with van der Waals surface area (Å²) in [6.07, 6.45) is 0. The molecule has 0 radical (unpaired) electrons. The maximum atomic E-state index is 13.7. The molecule has 1 atom stereocenters. The van der Waals surface area contributed by atoms with Crippen molar-refractivity contribution in [3.8, 4) is 0 Å². The lowest BCUT2D eigenvalue weighted by atomic mass is 9.67. The van der Waals surface area contributed by atoms with E-state index in [1.807, 2.05) is 0 Å². The summed E-state index contributed by atoms with van der Waals surface area (Å²) in [5.74, 6) is -1.51. The van der Waals surface area contributed by atoms with E-state index in [0.717, 1.165) is 0 Å². The standard InChI is InChI=1S/C9H18FNO2/c1-6(2)9(5-11,7(12)13)8(3,4)10/h6H,5,11H2,1-4H3,(H,12,13). The first-order valence-corrected chi connectivity index (χ1v) is 4.32. The number of rotatable bonds is 4. The molecule has 0 heterocycles. The van der Waals surface area contributed by atoms with Crippen LogP contribution in [-0.2, 0) is 4.79 Å². The van der Waals surface area contributed by atoms with Crippen LogP contribution < -0.4 is 5.73 Å². The summed E-state index contributed by atoms with van der Waals surface area (Å²) in [6, 6.07) is 0. The van der Waals surface area contributed by atoms with E-state index in [2.05, 4.69) is 0 Å². The molecule has 0 bridgehead atoms. The van der Waals surface area contributed by atoms with Crippen molar-refractivity contribution in [2.24, 2.45) is 17.1 Å². The molecule has 0 aromatic carbocycles. The molecule has 1 unspecified atom stereocenters. The SMILES string of the molecule is CC(C)C(CN)(C(=O)O)C(C)(C)F. The van der Waals surface area contributed by atoms with Crippen molar-refractivity contribution in [1.29, 1.82) is 0 Å². The minimum Gasteiger partial charge on any atom is -0.481 e. The lowest BCUT2D eigenvalue weighted by Gasteiger charge is -2.40. The Balaban J connectivity index is 5.25. The fraction of sp³-hybridized carbons (Fsp3) is 0.889. The average molecular weight is 191 g/mol. The number of carboxylic acid groups (broad SMARTS) is 1. The monoisotopic (exact) mass is 191 g/mol. The van der Waals surface area contributed by atoms with Gasteiger partial charge in [-0.1, -0.05) is 13.8 Å². The minimum atomic E-state index is -1.82. The predicted molar refractivity (Wildman–Crippen MR) is 49.1 cm³/mol. The van der Waals surface area contributed by atoms with E-state index in [0.29, 0.717) is 0 Å². The van der Waals surface area contributed by atoms with Crippen LogP contribution in [0, 0.1) is 11.3 Å². The first kappa shape index (κ1) is 12.4. The van der Waals surface area contributed by atoms with Crippen LogP contribution in [0.15, 0.2) is 0 Å². The molecule has 0 aliphatic heterocycles. The highest BCUT2D eigenvalue weighted by Crippen LogP contribution is 2.40. The van der Waals surface area contributed by atoms with Crippen LogP contribution in [-0.4, -0.2) is 23.3 Å². The summed E-state index contributed by atoms with van der Waals surface area (Å²) in [6.45, 7) is 5.66. The van der Waals surface area contributed by atoms with Gasteiger partial charge < -0.3 is 10.8 Å². The van der Waals surface area contributed by atoms with Gasteiger partial charge in [0.25, 0.3) is 0 Å². The number of carboxylic acids is 1. The molecule has 0 rings (SSSR count). The Morgan fingerprint density at radius 1 is 1.54 bits per heavy atom. The molecule has 13 heavy (non-hydrogen) atoms. The third-order valence-electron chi connectivity index (χ3n) is 2.75. The van der Waals surface area contributed by atoms with E-state index in [4.69, 9.17) is 10.8 Å². The molecule has 3 N–H and O–H groups in total. The van der Waals surface area contributed by atoms with Crippen molar-refractivity contribution >= 4 is 5.97 Å². The van der Waals surface area contributed by atoms with Crippen molar-refractivity contribution in [2.75, 3.05) is 6.54 Å². The Bertz CT molecular complexity index is 198. The number of alkyl halides is 1. The highest BCUT2D eigenvalue weighted by molar-refractivity contribution is 5.77. The predicted octanol–water partition coefficient (Wildman–Crippen LogP) is 1.42. The molecule has 4 heteroatoms. The van der Waals surface area contributed by atoms with E-state index in [-0.39, 0.29) is 12.5 Å². The summed E-state index contributed by atoms with van der Waals surface area (Å²) in [5, 5.41) is 9.01. The van der Waals surface area contributed by atoms with Crippen LogP contribution >= 0.6 is 0 Å². The van der Waals surface area contributed by atoms with Crippen LogP contribution in [0.4, 0.5) is 4.39 Å². The summed E-state index contributed by atoms with van der Waals surface area (Å²) >= 11 is 0. The zero-order valence-electron chi connectivity index (χ0n) is 8.60. The number of nitrogens with two attached hydrogens (primary N) is 1. The molecule has 3 nitrogen and oxygen atoms in total. The average Bonchev–Trinajstić information content (AvgIpc) is 1.83. The first-order chi connectivity index (χ1) is 5.70. The molecule has 0 amide bonds. The fourth-order valence-electron chi connectivity index (χ4n) is 1.75. The van der Waals surface area contributed by atoms with Crippen molar-refractivity contribution < 1.29 is 14.3 Å². The van der Waals surface area contributed by atoms with E-state index in [1.54, 1.807) is 13.8 Å². The molecule has 0 aromatic heterocycles. The number of carbonyl (C=O) groups is 1. The first-order valence-electron chi connectivity index (χ1n) is 4.32. The van der Waals surface area contributed by atoms with Gasteiger partial charge in [-0.05, 0) is 19.8 Å². The van der Waals surface area contributed by atoms with Crippen LogP contribution in [0.5, 0.6) is 0 Å². The molecule has 0 saturated heterocycles. The number of halogens is 1. The Morgan fingerprint density at radius 2 is 1.92 bits per heavy atom. The maximum absolute atomic E-state index is 13.7. The van der Waals surface area contributed by atoms with Crippen molar-refractivity contribution in [3.05, 3.63) is 0 Å². The number of hydrogen-bond acceptors (Lipinski definition) is 2. The quantitative estimate of drug-likeness (QED) is 0.706. The van der Waals surface area contributed by atoms with Crippen molar-refractivity contribution in [2.45, 2.75) is 33.4 Å². The molecule has 0 spiro atoms. The third-order valence-corrected chi connectivity index (χ3v) is 2.75. The molecular weight excluding hydrogens is 173 g/mol. The number of hydrogen-bond donors (Lipinski definition) is 2. The second-order valence-electron chi connectivity index (χ2n) is 4.11. The third kappa shape index (κ3) is 1.82. The summed E-state index contributed by atoms with van der Waals surface area (Å²) in [4.78, 5) is 11.0. The summed E-state index contributed by atoms with van der Waals surface area (Å²) in [7, 11) is 0. The second-order valence-corrected chi connectivity index (χ2v) is 4.11. The van der Waals surface area contributed by atoms with Gasteiger partial charge >= 0.3 is 5.97 Å². The van der Waals surface area contributed by atoms with Crippen LogP contribution in [0.1, 0.15) is 27.7 Å². The van der Waals surface area contributed by atoms with E-state index in [1.165, 1.54) is 13.8 Å². The van der Waals surface area contributed by atoms with Crippen molar-refractivity contribution in [3.63, 3.8) is 0 Å². The van der Waals surface area contributed by atoms with Gasteiger partial charge in [-0.25, -0.2) is 4.39 Å². The highest BCUT2D eigenvalue weighted by atomic mass is 19.1. The topological polar surface area (TPSA) is 63.3 Å². The maximum Gasteiger partial charge on any atom is 0.314 e. The molecule has 0 aliphatic carbocycles. The zero-order valence-corrected chi connectivity index (χ0v) is 8.60. The fourth-order valence-corrected chi connectivity index (χ4v) is 1.75. The van der Waals surface area contributed by atoms with Crippen molar-refractivity contribution in [1.82, 2.24) is 0 Å². The van der Waals surface area contributed by atoms with Gasteiger partial charge in [-0.15, -0.1) is 0 Å². The smallest absolute Gasteiger partial charge is 0.314 e. The minimum absolute atomic E-state index is 0.191. The Morgan fingerprint density at radius 3 is 1.92 bits per heavy atom. The van der Waals surface area contributed by atoms with Gasteiger partial charge in [0.15, 0.2) is 0 Å². The second kappa shape index (κ2) is 3.62. The van der Waals surface area contributed by atoms with E-state index >= 15 is 0 Å². The van der Waals surface area contributed by atoms with Gasteiger partial charge in [0.05, 0.1) is 0 Å². The Hall–Kier alpha value is -0.640. The summed E-state index contributed by atoms with van der Waals surface area (Å²) < 4.78 is 13.7. The molecular formula is C9H18FNO2. The lowest BCUT2D eigenvalue weighted by Crippen LogP contribution is -2.55. The van der Waals surface area contributed by atoms with Gasteiger partial charge in [0.2, 0.25) is 0 Å². The molecule has 0 aliphatic rings. The zero-order chi connectivity index (χ0) is 10.9. The normalized spacial score (nSPS) is 17.2. The van der Waals surface area contributed by atoms with Crippen LogP contribution in [0.2, 0.25) is 0 Å². The molecule has 0 fully saturated rings. The Labute approximate surface area is 78.1 Å². The van der Waals surface area contributed by atoms with E-state index < -0.39 is 17.1 Å². The van der Waals surface area contributed by atoms with Gasteiger partial charge in [-0.2, -0.15) is 0 Å². The summed E-state index contributed by atoms with van der Waals surface area (Å²) in [5.41, 5.74) is 2.06. The number of aliphatic carboxylic acids is 1.